The van der Waals surface area contributed by atoms with Crippen LogP contribution >= 0.6 is 11.6 Å². The van der Waals surface area contributed by atoms with Gasteiger partial charge in [-0.15, -0.1) is 0 Å². The summed E-state index contributed by atoms with van der Waals surface area (Å²) in [6.45, 7) is 0. The molecule has 0 fully saturated rings. The molecule has 1 heterocycles. The maximum absolute atomic E-state index is 13.8. The van der Waals surface area contributed by atoms with Crippen molar-refractivity contribution in [3.05, 3.63) is 40.3 Å². The van der Waals surface area contributed by atoms with Crippen LogP contribution in [0.3, 0.4) is 0 Å². The fraction of sp³-hybridized carbons (Fsp3) is 0.308. The van der Waals surface area contributed by atoms with Crippen molar-refractivity contribution in [3.63, 3.8) is 0 Å². The van der Waals surface area contributed by atoms with Gasteiger partial charge in [-0.05, 0) is 43.9 Å². The van der Waals surface area contributed by atoms with Crippen LogP contribution in [-0.4, -0.2) is 10.2 Å². The van der Waals surface area contributed by atoms with Gasteiger partial charge in [-0.2, -0.15) is 5.10 Å². The lowest BCUT2D eigenvalue weighted by atomic mass is 9.93. The van der Waals surface area contributed by atoms with Crippen LogP contribution in [0.15, 0.2) is 18.2 Å². The Morgan fingerprint density at radius 1 is 1.24 bits per heavy atom. The Morgan fingerprint density at radius 2 is 2.06 bits per heavy atom. The van der Waals surface area contributed by atoms with Gasteiger partial charge in [0.1, 0.15) is 5.82 Å². The van der Waals surface area contributed by atoms with Crippen LogP contribution in [0.25, 0.3) is 11.3 Å². The van der Waals surface area contributed by atoms with Crippen LogP contribution in [-0.2, 0) is 12.8 Å². The topological polar surface area (TPSA) is 28.7 Å². The molecule has 0 saturated carbocycles. The van der Waals surface area contributed by atoms with Crippen LogP contribution in [0.4, 0.5) is 4.39 Å². The summed E-state index contributed by atoms with van der Waals surface area (Å²) >= 11 is 5.91. The SMILES string of the molecule is Fc1ccc(Cl)cc1-c1n[nH]c2c1CCCC2. The predicted octanol–water partition coefficient (Wildman–Crippen LogP) is 3.75. The van der Waals surface area contributed by atoms with Gasteiger partial charge in [0.05, 0.1) is 5.69 Å². The maximum atomic E-state index is 13.8. The molecule has 17 heavy (non-hydrogen) atoms. The molecule has 2 nitrogen and oxygen atoms in total. The molecule has 4 heteroatoms. The molecule has 2 aromatic rings. The molecular formula is C13H12ClFN2. The van der Waals surface area contributed by atoms with Crippen molar-refractivity contribution in [2.24, 2.45) is 0 Å². The van der Waals surface area contributed by atoms with E-state index in [9.17, 15) is 4.39 Å². The predicted molar refractivity (Wildman–Crippen MR) is 65.6 cm³/mol. The molecule has 0 aliphatic heterocycles. The van der Waals surface area contributed by atoms with Crippen LogP contribution < -0.4 is 0 Å². The van der Waals surface area contributed by atoms with Crippen LogP contribution in [0.5, 0.6) is 0 Å². The molecule has 1 aliphatic carbocycles. The van der Waals surface area contributed by atoms with Crippen molar-refractivity contribution in [2.75, 3.05) is 0 Å². The number of hydrogen-bond donors (Lipinski definition) is 1. The normalized spacial score (nSPS) is 14.7. The van der Waals surface area contributed by atoms with Gasteiger partial charge in [-0.3, -0.25) is 5.10 Å². The number of aromatic amines is 1. The van der Waals surface area contributed by atoms with E-state index in [1.54, 1.807) is 12.1 Å². The fourth-order valence-electron chi connectivity index (χ4n) is 2.38. The first-order valence-corrected chi connectivity index (χ1v) is 6.15. The highest BCUT2D eigenvalue weighted by atomic mass is 35.5. The zero-order chi connectivity index (χ0) is 11.8. The maximum Gasteiger partial charge on any atom is 0.132 e. The summed E-state index contributed by atoms with van der Waals surface area (Å²) in [5.41, 5.74) is 3.51. The molecule has 88 valence electrons. The second-order valence-corrected chi connectivity index (χ2v) is 4.80. The summed E-state index contributed by atoms with van der Waals surface area (Å²) in [6.07, 6.45) is 4.28. The van der Waals surface area contributed by atoms with E-state index in [0.717, 1.165) is 36.2 Å². The van der Waals surface area contributed by atoms with Crippen LogP contribution in [0.1, 0.15) is 24.1 Å². The number of hydrogen-bond acceptors (Lipinski definition) is 1. The van der Waals surface area contributed by atoms with E-state index >= 15 is 0 Å². The molecule has 0 saturated heterocycles. The zero-order valence-corrected chi connectivity index (χ0v) is 10.0. The fourth-order valence-corrected chi connectivity index (χ4v) is 2.55. The molecule has 0 spiro atoms. The second kappa shape index (κ2) is 4.15. The van der Waals surface area contributed by atoms with Crippen molar-refractivity contribution >= 4 is 11.6 Å². The lowest BCUT2D eigenvalue weighted by Crippen LogP contribution is -2.01. The molecular weight excluding hydrogens is 239 g/mol. The van der Waals surface area contributed by atoms with Gasteiger partial charge in [0.25, 0.3) is 0 Å². The Hall–Kier alpha value is -1.35. The molecule has 0 radical (unpaired) electrons. The Balaban J connectivity index is 2.15. The van der Waals surface area contributed by atoms with E-state index in [-0.39, 0.29) is 5.82 Å². The Bertz CT molecular complexity index is 563. The number of benzene rings is 1. The van der Waals surface area contributed by atoms with E-state index in [4.69, 9.17) is 11.6 Å². The number of aryl methyl sites for hydroxylation is 1. The van der Waals surface area contributed by atoms with Crippen molar-refractivity contribution < 1.29 is 4.39 Å². The van der Waals surface area contributed by atoms with E-state index in [2.05, 4.69) is 10.2 Å². The summed E-state index contributed by atoms with van der Waals surface area (Å²) < 4.78 is 13.8. The Labute approximate surface area is 104 Å². The number of halogens is 2. The minimum absolute atomic E-state index is 0.269. The average Bonchev–Trinajstić information content (AvgIpc) is 2.76. The Morgan fingerprint density at radius 3 is 2.94 bits per heavy atom. The van der Waals surface area contributed by atoms with Crippen LogP contribution in [0, 0.1) is 5.82 Å². The highest BCUT2D eigenvalue weighted by Gasteiger charge is 2.20. The molecule has 3 rings (SSSR count). The van der Waals surface area contributed by atoms with Crippen molar-refractivity contribution in [3.8, 4) is 11.3 Å². The molecule has 1 N–H and O–H groups in total. The molecule has 1 aromatic carbocycles. The van der Waals surface area contributed by atoms with Crippen molar-refractivity contribution in [1.29, 1.82) is 0 Å². The first kappa shape index (κ1) is 10.8. The highest BCUT2D eigenvalue weighted by Crippen LogP contribution is 2.32. The van der Waals surface area contributed by atoms with Gasteiger partial charge in [0, 0.05) is 21.8 Å². The number of aromatic nitrogens is 2. The quantitative estimate of drug-likeness (QED) is 0.821. The summed E-state index contributed by atoms with van der Waals surface area (Å²) in [4.78, 5) is 0. The average molecular weight is 251 g/mol. The lowest BCUT2D eigenvalue weighted by Gasteiger charge is -2.11. The van der Waals surface area contributed by atoms with E-state index in [0.29, 0.717) is 10.6 Å². The minimum Gasteiger partial charge on any atom is -0.282 e. The molecule has 1 aliphatic rings. The third kappa shape index (κ3) is 1.84. The molecule has 0 amide bonds. The molecule has 0 bridgehead atoms. The number of nitrogens with zero attached hydrogens (tertiary/aromatic N) is 1. The van der Waals surface area contributed by atoms with Gasteiger partial charge >= 0.3 is 0 Å². The van der Waals surface area contributed by atoms with Gasteiger partial charge in [0.15, 0.2) is 0 Å². The summed E-state index contributed by atoms with van der Waals surface area (Å²) in [5, 5.41) is 7.79. The standard InChI is InChI=1S/C13H12ClFN2/c14-8-5-6-11(15)10(7-8)13-9-3-1-2-4-12(9)16-17-13/h5-7H,1-4H2,(H,16,17). The number of fused-ring (bicyclic) bond motifs is 1. The van der Waals surface area contributed by atoms with Gasteiger partial charge in [0.2, 0.25) is 0 Å². The number of rotatable bonds is 1. The molecule has 0 atom stereocenters. The first-order chi connectivity index (χ1) is 8.25. The third-order valence-corrected chi connectivity index (χ3v) is 3.47. The highest BCUT2D eigenvalue weighted by molar-refractivity contribution is 6.30. The largest absolute Gasteiger partial charge is 0.282 e. The van der Waals surface area contributed by atoms with Crippen molar-refractivity contribution in [2.45, 2.75) is 25.7 Å². The summed E-state index contributed by atoms with van der Waals surface area (Å²) in [6, 6.07) is 4.59. The van der Waals surface area contributed by atoms with Gasteiger partial charge in [-0.1, -0.05) is 11.6 Å². The molecule has 1 aromatic heterocycles. The lowest BCUT2D eigenvalue weighted by molar-refractivity contribution is 0.630. The summed E-state index contributed by atoms with van der Waals surface area (Å²) in [5.74, 6) is -0.269. The number of H-pyrrole nitrogens is 1. The minimum atomic E-state index is -0.269. The zero-order valence-electron chi connectivity index (χ0n) is 9.26. The smallest absolute Gasteiger partial charge is 0.132 e. The van der Waals surface area contributed by atoms with Crippen LogP contribution in [0.2, 0.25) is 5.02 Å². The van der Waals surface area contributed by atoms with E-state index in [1.165, 1.54) is 12.5 Å². The monoisotopic (exact) mass is 250 g/mol. The van der Waals surface area contributed by atoms with E-state index < -0.39 is 0 Å². The third-order valence-electron chi connectivity index (χ3n) is 3.24. The van der Waals surface area contributed by atoms with Crippen molar-refractivity contribution in [1.82, 2.24) is 10.2 Å². The molecule has 0 unspecified atom stereocenters. The van der Waals surface area contributed by atoms with Gasteiger partial charge in [-0.25, -0.2) is 4.39 Å². The number of nitrogens with one attached hydrogen (secondary N) is 1. The summed E-state index contributed by atoms with van der Waals surface area (Å²) in [7, 11) is 0. The Kier molecular flexibility index (Phi) is 2.63. The first-order valence-electron chi connectivity index (χ1n) is 5.77. The second-order valence-electron chi connectivity index (χ2n) is 4.36. The van der Waals surface area contributed by atoms with Gasteiger partial charge < -0.3 is 0 Å². The van der Waals surface area contributed by atoms with E-state index in [1.807, 2.05) is 0 Å².